The maximum Gasteiger partial charge on any atom is 0.416 e. The lowest BCUT2D eigenvalue weighted by Gasteiger charge is -2.28. The Hall–Kier alpha value is -3.35. The van der Waals surface area contributed by atoms with E-state index in [9.17, 15) is 22.4 Å². The molecule has 3 nitrogen and oxygen atoms in total. The zero-order chi connectivity index (χ0) is 22.9. The molecule has 3 aromatic carbocycles. The summed E-state index contributed by atoms with van der Waals surface area (Å²) in [6.45, 7) is 1.96. The second-order valence-electron chi connectivity index (χ2n) is 7.67. The number of rotatable bonds is 5. The number of nitrogens with zero attached hydrogens (tertiary/aromatic N) is 1. The Labute approximate surface area is 183 Å². The number of hydrogen-bond acceptors (Lipinski definition) is 3. The van der Waals surface area contributed by atoms with Gasteiger partial charge in [-0.25, -0.2) is 9.18 Å². The Morgan fingerprint density at radius 2 is 1.81 bits per heavy atom. The molecule has 0 saturated carbocycles. The van der Waals surface area contributed by atoms with Crippen molar-refractivity contribution in [2.45, 2.75) is 32.0 Å². The van der Waals surface area contributed by atoms with E-state index in [0.29, 0.717) is 35.3 Å². The van der Waals surface area contributed by atoms with Crippen LogP contribution in [-0.4, -0.2) is 18.6 Å². The number of benzene rings is 3. The number of esters is 1. The summed E-state index contributed by atoms with van der Waals surface area (Å²) in [4.78, 5) is 14.2. The summed E-state index contributed by atoms with van der Waals surface area (Å²) in [6.07, 6.45) is -3.54. The van der Waals surface area contributed by atoms with Crippen molar-refractivity contribution in [1.82, 2.24) is 0 Å². The van der Waals surface area contributed by atoms with Gasteiger partial charge in [0.1, 0.15) is 5.82 Å². The van der Waals surface area contributed by atoms with Crippen molar-refractivity contribution in [2.75, 3.05) is 11.5 Å². The summed E-state index contributed by atoms with van der Waals surface area (Å²) in [6, 6.07) is 16.5. The summed E-state index contributed by atoms with van der Waals surface area (Å²) >= 11 is 0. The first-order valence-corrected chi connectivity index (χ1v) is 10.3. The molecule has 0 spiro atoms. The zero-order valence-electron chi connectivity index (χ0n) is 17.3. The van der Waals surface area contributed by atoms with Crippen LogP contribution in [0.25, 0.3) is 0 Å². The largest absolute Gasteiger partial charge is 0.462 e. The summed E-state index contributed by atoms with van der Waals surface area (Å²) in [7, 11) is 0. The summed E-state index contributed by atoms with van der Waals surface area (Å²) in [5, 5.41) is 0. The molecule has 0 bridgehead atoms. The molecular weight excluding hydrogens is 422 g/mol. The van der Waals surface area contributed by atoms with E-state index in [2.05, 4.69) is 0 Å². The molecule has 1 atom stereocenters. The highest BCUT2D eigenvalue weighted by Gasteiger charge is 2.36. The highest BCUT2D eigenvalue weighted by Crippen LogP contribution is 2.42. The maximum absolute atomic E-state index is 13.3. The Balaban J connectivity index is 1.74. The van der Waals surface area contributed by atoms with E-state index in [1.165, 1.54) is 24.3 Å². The van der Waals surface area contributed by atoms with Gasteiger partial charge >= 0.3 is 12.1 Å². The molecule has 0 aliphatic carbocycles. The van der Waals surface area contributed by atoms with Gasteiger partial charge in [0.25, 0.3) is 0 Å². The first-order chi connectivity index (χ1) is 15.3. The standard InChI is InChI=1S/C25H21F4NO2/c1-2-32-24(31)17-4-3-5-21(14-17)30-22(12-16-6-9-20(26)10-7-16)15-18-13-19(25(27,28)29)8-11-23(18)30/h3-11,13-14,22H,2,12,15H2,1H3. The number of carbonyl (C=O) groups is 1. The quantitative estimate of drug-likeness (QED) is 0.341. The van der Waals surface area contributed by atoms with E-state index >= 15 is 0 Å². The predicted octanol–water partition coefficient (Wildman–Crippen LogP) is 6.33. The average Bonchev–Trinajstić information content (AvgIpc) is 3.12. The van der Waals surface area contributed by atoms with Crippen molar-refractivity contribution >= 4 is 17.3 Å². The SMILES string of the molecule is CCOC(=O)c1cccc(N2c3ccc(C(F)(F)F)cc3CC2Cc2ccc(F)cc2)c1. The number of hydrogen-bond donors (Lipinski definition) is 0. The third-order valence-electron chi connectivity index (χ3n) is 5.51. The van der Waals surface area contributed by atoms with E-state index in [1.54, 1.807) is 37.3 Å². The van der Waals surface area contributed by atoms with Gasteiger partial charge in [0, 0.05) is 17.4 Å². The third kappa shape index (κ3) is 4.47. The van der Waals surface area contributed by atoms with E-state index < -0.39 is 17.7 Å². The first kappa shape index (κ1) is 21.9. The average molecular weight is 443 g/mol. The molecular formula is C25H21F4NO2. The van der Waals surface area contributed by atoms with Crippen molar-refractivity contribution in [1.29, 1.82) is 0 Å². The monoisotopic (exact) mass is 443 g/mol. The van der Waals surface area contributed by atoms with Gasteiger partial charge in [0.2, 0.25) is 0 Å². The molecule has 32 heavy (non-hydrogen) atoms. The molecule has 1 aliphatic heterocycles. The molecule has 0 fully saturated rings. The van der Waals surface area contributed by atoms with Crippen molar-refractivity contribution in [3.8, 4) is 0 Å². The lowest BCUT2D eigenvalue weighted by Crippen LogP contribution is -2.29. The van der Waals surface area contributed by atoms with Gasteiger partial charge < -0.3 is 9.64 Å². The van der Waals surface area contributed by atoms with Gasteiger partial charge in [0.15, 0.2) is 0 Å². The normalized spacial score (nSPS) is 15.5. The number of alkyl halides is 3. The van der Waals surface area contributed by atoms with Crippen LogP contribution in [0.2, 0.25) is 0 Å². The smallest absolute Gasteiger partial charge is 0.416 e. The van der Waals surface area contributed by atoms with Crippen molar-refractivity contribution in [2.24, 2.45) is 0 Å². The van der Waals surface area contributed by atoms with Crippen LogP contribution in [0.15, 0.2) is 66.7 Å². The minimum absolute atomic E-state index is 0.198. The van der Waals surface area contributed by atoms with Crippen molar-refractivity contribution in [3.63, 3.8) is 0 Å². The van der Waals surface area contributed by atoms with Crippen molar-refractivity contribution in [3.05, 3.63) is 94.8 Å². The molecule has 0 N–H and O–H groups in total. The second-order valence-corrected chi connectivity index (χ2v) is 7.67. The second kappa shape index (κ2) is 8.65. The van der Waals surface area contributed by atoms with E-state index in [-0.39, 0.29) is 18.5 Å². The molecule has 1 heterocycles. The van der Waals surface area contributed by atoms with Crippen LogP contribution in [0, 0.1) is 5.82 Å². The fraction of sp³-hybridized carbons (Fsp3) is 0.240. The predicted molar refractivity (Wildman–Crippen MR) is 114 cm³/mol. The number of carbonyl (C=O) groups excluding carboxylic acids is 1. The van der Waals surface area contributed by atoms with E-state index in [4.69, 9.17) is 4.74 Å². The van der Waals surface area contributed by atoms with Gasteiger partial charge in [0.05, 0.1) is 17.7 Å². The lowest BCUT2D eigenvalue weighted by atomic mass is 10.0. The summed E-state index contributed by atoms with van der Waals surface area (Å²) < 4.78 is 58.2. The van der Waals surface area contributed by atoms with Crippen LogP contribution >= 0.6 is 0 Å². The van der Waals surface area contributed by atoms with Crippen LogP contribution in [-0.2, 0) is 23.8 Å². The molecule has 0 aromatic heterocycles. The van der Waals surface area contributed by atoms with Crippen molar-refractivity contribution < 1.29 is 27.1 Å². The number of fused-ring (bicyclic) bond motifs is 1. The number of ether oxygens (including phenoxy) is 1. The van der Waals surface area contributed by atoms with E-state index in [0.717, 1.165) is 11.6 Å². The molecule has 1 unspecified atom stereocenters. The van der Waals surface area contributed by atoms with Gasteiger partial charge in [-0.2, -0.15) is 13.2 Å². The van der Waals surface area contributed by atoms with Crippen LogP contribution in [0.3, 0.4) is 0 Å². The maximum atomic E-state index is 13.3. The Bertz CT molecular complexity index is 1130. The molecule has 3 aromatic rings. The molecule has 0 radical (unpaired) electrons. The minimum atomic E-state index is -4.43. The van der Waals surface area contributed by atoms with E-state index in [1.807, 2.05) is 11.0 Å². The molecule has 1 aliphatic rings. The van der Waals surface area contributed by atoms with Crippen LogP contribution in [0.1, 0.15) is 34.0 Å². The fourth-order valence-corrected chi connectivity index (χ4v) is 4.11. The summed E-state index contributed by atoms with van der Waals surface area (Å²) in [5.74, 6) is -0.812. The Morgan fingerprint density at radius 3 is 2.50 bits per heavy atom. The molecule has 7 heteroatoms. The zero-order valence-corrected chi connectivity index (χ0v) is 17.3. The first-order valence-electron chi connectivity index (χ1n) is 10.3. The van der Waals surface area contributed by atoms with Crippen LogP contribution in [0.5, 0.6) is 0 Å². The van der Waals surface area contributed by atoms with Gasteiger partial charge in [-0.3, -0.25) is 0 Å². The molecule has 0 saturated heterocycles. The molecule has 4 rings (SSSR count). The molecule has 0 amide bonds. The Kier molecular flexibility index (Phi) is 5.91. The summed E-state index contributed by atoms with van der Waals surface area (Å²) in [5.41, 5.74) is 2.46. The Morgan fingerprint density at radius 1 is 1.06 bits per heavy atom. The highest BCUT2D eigenvalue weighted by atomic mass is 19.4. The lowest BCUT2D eigenvalue weighted by molar-refractivity contribution is -0.137. The highest BCUT2D eigenvalue weighted by molar-refractivity contribution is 5.91. The van der Waals surface area contributed by atoms with Gasteiger partial charge in [-0.15, -0.1) is 0 Å². The van der Waals surface area contributed by atoms with Crippen LogP contribution < -0.4 is 4.90 Å². The van der Waals surface area contributed by atoms with Gasteiger partial charge in [-0.05, 0) is 79.4 Å². The number of anilines is 2. The number of halogens is 4. The topological polar surface area (TPSA) is 29.5 Å². The molecule has 166 valence electrons. The van der Waals surface area contributed by atoms with Crippen LogP contribution in [0.4, 0.5) is 28.9 Å². The minimum Gasteiger partial charge on any atom is -0.462 e. The third-order valence-corrected chi connectivity index (χ3v) is 5.51. The van der Waals surface area contributed by atoms with Gasteiger partial charge in [-0.1, -0.05) is 18.2 Å². The fourth-order valence-electron chi connectivity index (χ4n) is 4.11.